The third-order valence-electron chi connectivity index (χ3n) is 4.91. The fourth-order valence-corrected chi connectivity index (χ4v) is 4.78. The van der Waals surface area contributed by atoms with Crippen LogP contribution in [-0.4, -0.2) is 69.1 Å². The van der Waals surface area contributed by atoms with Gasteiger partial charge in [0.2, 0.25) is 21.1 Å². The zero-order valence-corrected chi connectivity index (χ0v) is 19.3. The maximum Gasteiger partial charge on any atom is 0.260 e. The molecule has 1 atom stereocenters. The summed E-state index contributed by atoms with van der Waals surface area (Å²) in [5.41, 5.74) is 3.09. The molecule has 1 unspecified atom stereocenters. The highest BCUT2D eigenvalue weighted by molar-refractivity contribution is 7.92. The molecule has 10 nitrogen and oxygen atoms in total. The predicted octanol–water partition coefficient (Wildman–Crippen LogP) is 1.14. The Morgan fingerprint density at radius 2 is 1.73 bits per heavy atom. The van der Waals surface area contributed by atoms with Crippen molar-refractivity contribution in [3.63, 3.8) is 0 Å². The number of hydrogen-bond donors (Lipinski definition) is 1. The average Bonchev–Trinajstić information content (AvgIpc) is 2.83. The van der Waals surface area contributed by atoms with E-state index in [0.29, 0.717) is 5.75 Å². The first-order chi connectivity index (χ1) is 15.8. The molecular formula is C22H27N3O7S. The lowest BCUT2D eigenvalue weighted by Gasteiger charge is -2.34. The topological polar surface area (TPSA) is 114 Å². The molecule has 0 aromatic heterocycles. The monoisotopic (exact) mass is 477 g/mol. The number of hydrazine groups is 1. The SMILES string of the molecule is COc1ccc(S(=O)(=O)C(C(=O)N2CCOCC2)N(NC(C)=O)OCc2ccccc2)cc1. The Labute approximate surface area is 192 Å². The van der Waals surface area contributed by atoms with E-state index in [1.165, 1.54) is 43.2 Å². The van der Waals surface area contributed by atoms with Crippen molar-refractivity contribution in [2.45, 2.75) is 23.8 Å². The fourth-order valence-electron chi connectivity index (χ4n) is 3.23. The molecule has 33 heavy (non-hydrogen) atoms. The van der Waals surface area contributed by atoms with Crippen molar-refractivity contribution in [2.75, 3.05) is 33.4 Å². The van der Waals surface area contributed by atoms with Crippen molar-refractivity contribution >= 4 is 21.7 Å². The number of ether oxygens (including phenoxy) is 2. The van der Waals surface area contributed by atoms with Crippen LogP contribution in [0.4, 0.5) is 0 Å². The highest BCUT2D eigenvalue weighted by atomic mass is 32.2. The maximum atomic E-state index is 13.7. The van der Waals surface area contributed by atoms with Gasteiger partial charge in [0.1, 0.15) is 5.75 Å². The van der Waals surface area contributed by atoms with Gasteiger partial charge in [-0.25, -0.2) is 8.42 Å². The predicted molar refractivity (Wildman–Crippen MR) is 118 cm³/mol. The number of rotatable bonds is 9. The molecule has 0 bridgehead atoms. The van der Waals surface area contributed by atoms with E-state index < -0.39 is 27.0 Å². The van der Waals surface area contributed by atoms with E-state index in [4.69, 9.17) is 14.3 Å². The van der Waals surface area contributed by atoms with E-state index in [0.717, 1.165) is 10.7 Å². The molecule has 0 spiro atoms. The quantitative estimate of drug-likeness (QED) is 0.535. The van der Waals surface area contributed by atoms with Crippen LogP contribution in [-0.2, 0) is 35.6 Å². The lowest BCUT2D eigenvalue weighted by molar-refractivity contribution is -0.217. The van der Waals surface area contributed by atoms with Crippen molar-refractivity contribution in [3.05, 3.63) is 60.2 Å². The van der Waals surface area contributed by atoms with E-state index >= 15 is 0 Å². The summed E-state index contributed by atoms with van der Waals surface area (Å²) in [6, 6.07) is 14.6. The number of sulfone groups is 1. The molecule has 2 aromatic carbocycles. The molecule has 11 heteroatoms. The van der Waals surface area contributed by atoms with Crippen LogP contribution < -0.4 is 10.2 Å². The highest BCUT2D eigenvalue weighted by Crippen LogP contribution is 2.24. The molecule has 1 heterocycles. The Hall–Kier alpha value is -2.99. The molecule has 0 saturated carbocycles. The Morgan fingerprint density at radius 1 is 1.09 bits per heavy atom. The number of carbonyl (C=O) groups excluding carboxylic acids is 2. The zero-order valence-electron chi connectivity index (χ0n) is 18.5. The summed E-state index contributed by atoms with van der Waals surface area (Å²) in [7, 11) is -2.86. The molecular weight excluding hydrogens is 450 g/mol. The molecule has 1 fully saturated rings. The van der Waals surface area contributed by atoms with Crippen LogP contribution in [0, 0.1) is 0 Å². The van der Waals surface area contributed by atoms with Crippen LogP contribution in [0.2, 0.25) is 0 Å². The van der Waals surface area contributed by atoms with Crippen LogP contribution in [0.5, 0.6) is 5.75 Å². The second kappa shape index (κ2) is 11.2. The summed E-state index contributed by atoms with van der Waals surface area (Å²) in [5.74, 6) is -0.854. The van der Waals surface area contributed by atoms with Gasteiger partial charge >= 0.3 is 0 Å². The summed E-state index contributed by atoms with van der Waals surface area (Å²) in [6.45, 7) is 2.15. The number of carbonyl (C=O) groups is 2. The molecule has 1 aliphatic rings. The Balaban J connectivity index is 1.99. The molecule has 3 rings (SSSR count). The summed E-state index contributed by atoms with van der Waals surface area (Å²) in [6.07, 6.45) is 0. The molecule has 2 amide bonds. The van der Waals surface area contributed by atoms with Crippen LogP contribution in [0.25, 0.3) is 0 Å². The van der Waals surface area contributed by atoms with Crippen LogP contribution >= 0.6 is 0 Å². The van der Waals surface area contributed by atoms with Crippen molar-refractivity contribution in [1.82, 2.24) is 15.5 Å². The minimum atomic E-state index is -4.33. The number of morpholine rings is 1. The summed E-state index contributed by atoms with van der Waals surface area (Å²) < 4.78 is 37.7. The molecule has 1 N–H and O–H groups in total. The molecule has 1 aliphatic heterocycles. The summed E-state index contributed by atoms with van der Waals surface area (Å²) in [4.78, 5) is 32.3. The summed E-state index contributed by atoms with van der Waals surface area (Å²) in [5, 5.41) is -1.12. The molecule has 2 aromatic rings. The number of nitrogens with zero attached hydrogens (tertiary/aromatic N) is 2. The van der Waals surface area contributed by atoms with Crippen molar-refractivity contribution < 1.29 is 32.3 Å². The highest BCUT2D eigenvalue weighted by Gasteiger charge is 2.43. The van der Waals surface area contributed by atoms with Gasteiger partial charge < -0.3 is 14.4 Å². The van der Waals surface area contributed by atoms with Gasteiger partial charge in [-0.2, -0.15) is 0 Å². The average molecular weight is 478 g/mol. The van der Waals surface area contributed by atoms with Gasteiger partial charge in [-0.1, -0.05) is 35.5 Å². The minimum Gasteiger partial charge on any atom is -0.497 e. The molecule has 178 valence electrons. The summed E-state index contributed by atoms with van der Waals surface area (Å²) >= 11 is 0. The zero-order chi connectivity index (χ0) is 23.8. The second-order valence-corrected chi connectivity index (χ2v) is 9.27. The standard InChI is InChI=1S/C22H27N3O7S/c1-17(26)23-25(32-16-18-6-4-3-5-7-18)22(21(27)24-12-14-31-15-13-24)33(28,29)20-10-8-19(30-2)9-11-20/h3-11,22H,12-16H2,1-2H3,(H,23,26). The van der Waals surface area contributed by atoms with E-state index in [9.17, 15) is 18.0 Å². The number of amides is 2. The first kappa shape index (κ1) is 24.6. The van der Waals surface area contributed by atoms with Gasteiger partial charge in [0.25, 0.3) is 5.91 Å². The fraction of sp³-hybridized carbons (Fsp3) is 0.364. The largest absolute Gasteiger partial charge is 0.497 e. The van der Waals surface area contributed by atoms with Gasteiger partial charge in [0.15, 0.2) is 0 Å². The van der Waals surface area contributed by atoms with Gasteiger partial charge in [0.05, 0.1) is 31.8 Å². The lowest BCUT2D eigenvalue weighted by Crippen LogP contribution is -2.59. The molecule has 0 radical (unpaired) electrons. The molecule has 0 aliphatic carbocycles. The second-order valence-electron chi connectivity index (χ2n) is 7.26. The van der Waals surface area contributed by atoms with E-state index in [1.54, 1.807) is 24.3 Å². The first-order valence-electron chi connectivity index (χ1n) is 10.3. The van der Waals surface area contributed by atoms with Crippen molar-refractivity contribution in [3.8, 4) is 5.75 Å². The Morgan fingerprint density at radius 3 is 2.30 bits per heavy atom. The van der Waals surface area contributed by atoms with Crippen LogP contribution in [0.3, 0.4) is 0 Å². The third-order valence-corrected chi connectivity index (χ3v) is 6.82. The number of nitrogens with one attached hydrogen (secondary N) is 1. The number of benzene rings is 2. The van der Waals surface area contributed by atoms with E-state index in [1.807, 2.05) is 6.07 Å². The normalized spacial score (nSPS) is 15.2. The van der Waals surface area contributed by atoms with Gasteiger partial charge in [-0.15, -0.1) is 0 Å². The Kier molecular flexibility index (Phi) is 8.39. The first-order valence-corrected chi connectivity index (χ1v) is 11.9. The smallest absolute Gasteiger partial charge is 0.260 e. The number of hydrogen-bond acceptors (Lipinski definition) is 8. The third kappa shape index (κ3) is 6.29. The van der Waals surface area contributed by atoms with Crippen LogP contribution in [0.15, 0.2) is 59.5 Å². The molecule has 1 saturated heterocycles. The van der Waals surface area contributed by atoms with E-state index in [-0.39, 0.29) is 37.8 Å². The van der Waals surface area contributed by atoms with E-state index in [2.05, 4.69) is 5.43 Å². The van der Waals surface area contributed by atoms with Gasteiger partial charge in [-0.05, 0) is 29.8 Å². The Bertz CT molecular complexity index is 1040. The van der Waals surface area contributed by atoms with Gasteiger partial charge in [-0.3, -0.25) is 19.9 Å². The lowest BCUT2D eigenvalue weighted by atomic mass is 10.2. The van der Waals surface area contributed by atoms with Crippen LogP contribution in [0.1, 0.15) is 12.5 Å². The number of hydroxylamine groups is 1. The number of methoxy groups -OCH3 is 1. The maximum absolute atomic E-state index is 13.7. The van der Waals surface area contributed by atoms with Gasteiger partial charge in [0, 0.05) is 20.0 Å². The van der Waals surface area contributed by atoms with Crippen molar-refractivity contribution in [1.29, 1.82) is 0 Å². The minimum absolute atomic E-state index is 0.0633. The van der Waals surface area contributed by atoms with Crippen molar-refractivity contribution in [2.24, 2.45) is 0 Å².